The van der Waals surface area contributed by atoms with Crippen LogP contribution in [0.25, 0.3) is 0 Å². The lowest BCUT2D eigenvalue weighted by atomic mass is 10.1. The molecule has 1 aromatic heterocycles. The maximum Gasteiger partial charge on any atom is 0.0994 e. The molecule has 0 radical (unpaired) electrons. The molecule has 0 amide bonds. The molecule has 1 heterocycles. The van der Waals surface area contributed by atoms with E-state index in [2.05, 4.69) is 43.2 Å². The lowest BCUT2D eigenvalue weighted by Gasteiger charge is -2.11. The van der Waals surface area contributed by atoms with E-state index in [1.54, 1.807) is 0 Å². The molecule has 0 atom stereocenters. The van der Waals surface area contributed by atoms with E-state index < -0.39 is 0 Å². The van der Waals surface area contributed by atoms with Crippen LogP contribution >= 0.6 is 0 Å². The van der Waals surface area contributed by atoms with Crippen LogP contribution in [0, 0.1) is 5.92 Å². The zero-order chi connectivity index (χ0) is 13.5. The Balaban J connectivity index is 2.62. The van der Waals surface area contributed by atoms with Gasteiger partial charge in [-0.15, -0.1) is 5.10 Å². The summed E-state index contributed by atoms with van der Waals surface area (Å²) in [6, 6.07) is 0. The Bertz CT molecular complexity index is 343. The zero-order valence-electron chi connectivity index (χ0n) is 12.2. The highest BCUT2D eigenvalue weighted by Crippen LogP contribution is 2.12. The molecule has 0 spiro atoms. The van der Waals surface area contributed by atoms with E-state index in [-0.39, 0.29) is 0 Å². The third-order valence-electron chi connectivity index (χ3n) is 3.05. The van der Waals surface area contributed by atoms with E-state index in [1.165, 1.54) is 5.69 Å². The molecule has 5 nitrogen and oxygen atoms in total. The van der Waals surface area contributed by atoms with Crippen molar-refractivity contribution in [2.45, 2.75) is 46.2 Å². The summed E-state index contributed by atoms with van der Waals surface area (Å²) in [6.45, 7) is 6.96. The van der Waals surface area contributed by atoms with Gasteiger partial charge >= 0.3 is 0 Å². The van der Waals surface area contributed by atoms with Crippen LogP contribution in [0.3, 0.4) is 0 Å². The summed E-state index contributed by atoms with van der Waals surface area (Å²) in [7, 11) is 4.18. The minimum Gasteiger partial charge on any atom is -0.325 e. The van der Waals surface area contributed by atoms with Crippen LogP contribution in [0.5, 0.6) is 0 Å². The van der Waals surface area contributed by atoms with Crippen LogP contribution in [0.1, 0.15) is 38.1 Å². The second-order valence-corrected chi connectivity index (χ2v) is 5.50. The summed E-state index contributed by atoms with van der Waals surface area (Å²) < 4.78 is 2.04. The van der Waals surface area contributed by atoms with Gasteiger partial charge in [0.1, 0.15) is 0 Å². The molecule has 0 saturated carbocycles. The molecule has 0 unspecified atom stereocenters. The average molecular weight is 253 g/mol. The van der Waals surface area contributed by atoms with Crippen molar-refractivity contribution in [2.75, 3.05) is 20.6 Å². The molecule has 0 aliphatic rings. The predicted octanol–water partition coefficient (Wildman–Crippen LogP) is 1.28. The Labute approximate surface area is 110 Å². The number of nitrogens with zero attached hydrogens (tertiary/aromatic N) is 4. The fourth-order valence-electron chi connectivity index (χ4n) is 1.94. The van der Waals surface area contributed by atoms with Crippen molar-refractivity contribution in [1.82, 2.24) is 19.9 Å². The minimum atomic E-state index is 0.487. The highest BCUT2D eigenvalue weighted by molar-refractivity contribution is 5.10. The van der Waals surface area contributed by atoms with Crippen molar-refractivity contribution in [1.29, 1.82) is 0 Å². The maximum atomic E-state index is 5.72. The molecule has 5 heteroatoms. The molecule has 18 heavy (non-hydrogen) atoms. The lowest BCUT2D eigenvalue weighted by Crippen LogP contribution is -2.16. The fourth-order valence-corrected chi connectivity index (χ4v) is 1.94. The van der Waals surface area contributed by atoms with Crippen molar-refractivity contribution in [3.05, 3.63) is 11.4 Å². The molecule has 1 rings (SSSR count). The van der Waals surface area contributed by atoms with Crippen LogP contribution < -0.4 is 5.73 Å². The summed E-state index contributed by atoms with van der Waals surface area (Å²) in [5.74, 6) is 0.695. The molecule has 0 fully saturated rings. The van der Waals surface area contributed by atoms with Crippen LogP contribution in [0.4, 0.5) is 0 Å². The van der Waals surface area contributed by atoms with Crippen LogP contribution in [-0.2, 0) is 19.5 Å². The molecular weight excluding hydrogens is 226 g/mol. The summed E-state index contributed by atoms with van der Waals surface area (Å²) in [6.07, 6.45) is 3.28. The third kappa shape index (κ3) is 4.74. The summed E-state index contributed by atoms with van der Waals surface area (Å²) in [5, 5.41) is 8.41. The van der Waals surface area contributed by atoms with E-state index in [4.69, 9.17) is 5.73 Å². The first-order chi connectivity index (χ1) is 8.54. The molecule has 0 aliphatic carbocycles. The van der Waals surface area contributed by atoms with Gasteiger partial charge in [0, 0.05) is 13.1 Å². The van der Waals surface area contributed by atoms with Gasteiger partial charge in [0.05, 0.1) is 11.4 Å². The van der Waals surface area contributed by atoms with Crippen LogP contribution in [0.2, 0.25) is 0 Å². The predicted molar refractivity (Wildman–Crippen MR) is 74.2 cm³/mol. The highest BCUT2D eigenvalue weighted by Gasteiger charge is 2.11. The van der Waals surface area contributed by atoms with Crippen molar-refractivity contribution < 1.29 is 0 Å². The largest absolute Gasteiger partial charge is 0.325 e. The normalized spacial score (nSPS) is 11.7. The van der Waals surface area contributed by atoms with Crippen molar-refractivity contribution in [2.24, 2.45) is 11.7 Å². The van der Waals surface area contributed by atoms with Gasteiger partial charge in [-0.2, -0.15) is 0 Å². The minimum absolute atomic E-state index is 0.487. The van der Waals surface area contributed by atoms with Gasteiger partial charge in [-0.1, -0.05) is 19.1 Å². The summed E-state index contributed by atoms with van der Waals surface area (Å²) in [5.41, 5.74) is 7.91. The van der Waals surface area contributed by atoms with E-state index in [0.29, 0.717) is 12.5 Å². The van der Waals surface area contributed by atoms with Gasteiger partial charge < -0.3 is 10.6 Å². The number of hydrogen-bond acceptors (Lipinski definition) is 4. The molecule has 104 valence electrons. The maximum absolute atomic E-state index is 5.72. The van der Waals surface area contributed by atoms with Crippen LogP contribution in [0.15, 0.2) is 0 Å². The third-order valence-corrected chi connectivity index (χ3v) is 3.05. The number of aryl methyl sites for hydroxylation is 1. The molecule has 0 aromatic carbocycles. The lowest BCUT2D eigenvalue weighted by molar-refractivity contribution is 0.375. The fraction of sp³-hybridized carbons (Fsp3) is 0.846. The van der Waals surface area contributed by atoms with Gasteiger partial charge in [0.15, 0.2) is 0 Å². The average Bonchev–Trinajstić information content (AvgIpc) is 2.68. The monoisotopic (exact) mass is 253 g/mol. The van der Waals surface area contributed by atoms with E-state index >= 15 is 0 Å². The summed E-state index contributed by atoms with van der Waals surface area (Å²) in [4.78, 5) is 2.19. The number of hydrogen-bond donors (Lipinski definition) is 1. The molecular formula is C13H27N5. The van der Waals surface area contributed by atoms with Gasteiger partial charge in [-0.25, -0.2) is 4.68 Å². The SMILES string of the molecule is CC(C)CCc1c(CN)nnn1CCCN(C)C. The first-order valence-electron chi connectivity index (χ1n) is 6.80. The van der Waals surface area contributed by atoms with Crippen molar-refractivity contribution in [3.8, 4) is 0 Å². The second kappa shape index (κ2) is 7.48. The second-order valence-electron chi connectivity index (χ2n) is 5.50. The number of aromatic nitrogens is 3. The summed E-state index contributed by atoms with van der Waals surface area (Å²) >= 11 is 0. The van der Waals surface area contributed by atoms with E-state index in [1.807, 2.05) is 4.68 Å². The van der Waals surface area contributed by atoms with Crippen molar-refractivity contribution in [3.63, 3.8) is 0 Å². The van der Waals surface area contributed by atoms with Gasteiger partial charge in [0.25, 0.3) is 0 Å². The van der Waals surface area contributed by atoms with Crippen molar-refractivity contribution >= 4 is 0 Å². The number of nitrogens with two attached hydrogens (primary N) is 1. The van der Waals surface area contributed by atoms with Gasteiger partial charge in [0.2, 0.25) is 0 Å². The smallest absolute Gasteiger partial charge is 0.0994 e. The van der Waals surface area contributed by atoms with E-state index in [0.717, 1.165) is 38.0 Å². The first-order valence-corrected chi connectivity index (χ1v) is 6.80. The number of rotatable bonds is 8. The topological polar surface area (TPSA) is 60.0 Å². The molecule has 0 saturated heterocycles. The first kappa shape index (κ1) is 15.1. The molecule has 0 aliphatic heterocycles. The van der Waals surface area contributed by atoms with Gasteiger partial charge in [-0.05, 0) is 45.8 Å². The van der Waals surface area contributed by atoms with Crippen LogP contribution in [-0.4, -0.2) is 40.5 Å². The Morgan fingerprint density at radius 1 is 1.33 bits per heavy atom. The van der Waals surface area contributed by atoms with Gasteiger partial charge in [-0.3, -0.25) is 0 Å². The Morgan fingerprint density at radius 2 is 2.06 bits per heavy atom. The Hall–Kier alpha value is -0.940. The van der Waals surface area contributed by atoms with E-state index in [9.17, 15) is 0 Å². The quantitative estimate of drug-likeness (QED) is 0.758. The Morgan fingerprint density at radius 3 is 2.61 bits per heavy atom. The Kier molecular flexibility index (Phi) is 6.29. The zero-order valence-corrected chi connectivity index (χ0v) is 12.2. The molecule has 1 aromatic rings. The highest BCUT2D eigenvalue weighted by atomic mass is 15.4. The molecule has 0 bridgehead atoms. The molecule has 2 N–H and O–H groups in total. The standard InChI is InChI=1S/C13H27N5/c1-11(2)6-7-13-12(10-14)15-16-18(13)9-5-8-17(3)4/h11H,5-10,14H2,1-4H3.